The van der Waals surface area contributed by atoms with Crippen LogP contribution in [-0.4, -0.2) is 74.0 Å². The standard InChI is InChI=1S/C20H36ClN5O2/c1-11-7-16(22-2)26-20(24-11)25-15-9-13-4-6-28-19(13)17(18(15)21)12-3-5-23-10-14(27)8-12/h3,11,13-20,22-27H,4-10H2,1-2H3/t11?,13?,14-,15?,16?,17?,18?,19?,20?/m0/s1. The molecule has 2 saturated heterocycles. The molecule has 0 aromatic rings. The summed E-state index contributed by atoms with van der Waals surface area (Å²) in [6, 6.07) is 0.620. The van der Waals surface area contributed by atoms with Crippen LogP contribution in [0, 0.1) is 11.8 Å². The Morgan fingerprint density at radius 1 is 1.29 bits per heavy atom. The van der Waals surface area contributed by atoms with E-state index in [2.05, 4.69) is 39.6 Å². The van der Waals surface area contributed by atoms with Crippen LogP contribution in [0.2, 0.25) is 0 Å². The predicted octanol–water partition coefficient (Wildman–Crippen LogP) is 0.0581. The molecule has 4 rings (SSSR count). The molecule has 4 aliphatic rings. The van der Waals surface area contributed by atoms with Gasteiger partial charge in [0.05, 0.1) is 23.8 Å². The number of ether oxygens (including phenoxy) is 1. The molecule has 3 heterocycles. The first kappa shape index (κ1) is 21.0. The molecule has 0 aromatic carbocycles. The summed E-state index contributed by atoms with van der Waals surface area (Å²) in [6.07, 6.45) is 6.21. The van der Waals surface area contributed by atoms with E-state index in [9.17, 15) is 5.11 Å². The second-order valence-corrected chi connectivity index (χ2v) is 9.41. The Hall–Kier alpha value is -0.250. The van der Waals surface area contributed by atoms with Crippen molar-refractivity contribution in [1.29, 1.82) is 0 Å². The van der Waals surface area contributed by atoms with E-state index in [0.29, 0.717) is 24.9 Å². The second kappa shape index (κ2) is 9.27. The smallest absolute Gasteiger partial charge is 0.113 e. The van der Waals surface area contributed by atoms with Gasteiger partial charge in [-0.05, 0) is 45.6 Å². The maximum absolute atomic E-state index is 10.3. The summed E-state index contributed by atoms with van der Waals surface area (Å²) in [5.74, 6) is 0.670. The fraction of sp³-hybridized carbons (Fsp3) is 0.900. The number of fused-ring (bicyclic) bond motifs is 1. The normalized spacial score (nSPS) is 47.3. The maximum Gasteiger partial charge on any atom is 0.113 e. The molecule has 3 aliphatic heterocycles. The monoisotopic (exact) mass is 413 g/mol. The minimum atomic E-state index is -0.357. The van der Waals surface area contributed by atoms with Crippen molar-refractivity contribution in [3.8, 4) is 0 Å². The zero-order chi connectivity index (χ0) is 19.7. The van der Waals surface area contributed by atoms with E-state index >= 15 is 0 Å². The van der Waals surface area contributed by atoms with Crippen LogP contribution in [0.3, 0.4) is 0 Å². The van der Waals surface area contributed by atoms with Crippen LogP contribution in [-0.2, 0) is 4.74 Å². The molecular formula is C20H36ClN5O2. The van der Waals surface area contributed by atoms with Crippen molar-refractivity contribution < 1.29 is 9.84 Å². The average molecular weight is 414 g/mol. The summed E-state index contributed by atoms with van der Waals surface area (Å²) in [6.45, 7) is 4.45. The number of β-amino-alcohol motifs (C(OH)–C–C–N with tert-alkyl or cyclic N) is 1. The minimum Gasteiger partial charge on any atom is -0.391 e. The predicted molar refractivity (Wildman–Crippen MR) is 111 cm³/mol. The molecule has 1 saturated carbocycles. The lowest BCUT2D eigenvalue weighted by Crippen LogP contribution is -2.69. The number of rotatable bonds is 4. The van der Waals surface area contributed by atoms with Crippen molar-refractivity contribution in [1.82, 2.24) is 26.6 Å². The fourth-order valence-corrected chi connectivity index (χ4v) is 5.94. The highest BCUT2D eigenvalue weighted by Crippen LogP contribution is 2.44. The molecule has 8 unspecified atom stereocenters. The number of nitrogens with one attached hydrogen (secondary N) is 5. The van der Waals surface area contributed by atoms with Gasteiger partial charge in [-0.25, -0.2) is 0 Å². The lowest BCUT2D eigenvalue weighted by atomic mass is 9.71. The zero-order valence-electron chi connectivity index (χ0n) is 17.0. The number of aliphatic hydroxyl groups is 1. The Balaban J connectivity index is 1.50. The Bertz CT molecular complexity index is 565. The van der Waals surface area contributed by atoms with E-state index in [1.165, 1.54) is 5.57 Å². The van der Waals surface area contributed by atoms with Crippen molar-refractivity contribution in [2.24, 2.45) is 11.8 Å². The number of aliphatic hydroxyl groups excluding tert-OH is 1. The molecule has 6 N–H and O–H groups in total. The fourth-order valence-electron chi connectivity index (χ4n) is 5.46. The Kier molecular flexibility index (Phi) is 6.95. The second-order valence-electron chi connectivity index (χ2n) is 8.90. The van der Waals surface area contributed by atoms with Gasteiger partial charge >= 0.3 is 0 Å². The van der Waals surface area contributed by atoms with Crippen LogP contribution in [0.25, 0.3) is 0 Å². The van der Waals surface area contributed by atoms with Crippen LogP contribution in [0.1, 0.15) is 32.6 Å². The van der Waals surface area contributed by atoms with E-state index in [0.717, 1.165) is 32.4 Å². The largest absolute Gasteiger partial charge is 0.391 e. The van der Waals surface area contributed by atoms with Gasteiger partial charge < -0.3 is 20.5 Å². The Labute approximate surface area is 173 Å². The summed E-state index contributed by atoms with van der Waals surface area (Å²) >= 11 is 7.12. The molecule has 9 atom stereocenters. The molecule has 0 amide bonds. The summed E-state index contributed by atoms with van der Waals surface area (Å²) in [5, 5.41) is 27.8. The average Bonchev–Trinajstić information content (AvgIpc) is 3.01. The van der Waals surface area contributed by atoms with Crippen LogP contribution in [0.4, 0.5) is 0 Å². The van der Waals surface area contributed by atoms with Gasteiger partial charge in [0.1, 0.15) is 6.29 Å². The molecule has 0 radical (unpaired) electrons. The molecule has 3 fully saturated rings. The number of halogens is 1. The molecule has 0 spiro atoms. The molecule has 1 aliphatic carbocycles. The molecule has 160 valence electrons. The number of hydrogen-bond donors (Lipinski definition) is 6. The third-order valence-corrected chi connectivity index (χ3v) is 7.40. The van der Waals surface area contributed by atoms with Gasteiger partial charge in [0.2, 0.25) is 0 Å². The van der Waals surface area contributed by atoms with Crippen molar-refractivity contribution in [3.63, 3.8) is 0 Å². The van der Waals surface area contributed by atoms with E-state index < -0.39 is 0 Å². The lowest BCUT2D eigenvalue weighted by Gasteiger charge is -2.46. The summed E-state index contributed by atoms with van der Waals surface area (Å²) in [4.78, 5) is 0. The van der Waals surface area contributed by atoms with Crippen LogP contribution < -0.4 is 26.6 Å². The van der Waals surface area contributed by atoms with Crippen LogP contribution >= 0.6 is 11.6 Å². The van der Waals surface area contributed by atoms with Crippen LogP contribution in [0.15, 0.2) is 11.6 Å². The van der Waals surface area contributed by atoms with Gasteiger partial charge in [0.15, 0.2) is 0 Å². The van der Waals surface area contributed by atoms with E-state index in [1.807, 2.05) is 7.05 Å². The molecule has 0 bridgehead atoms. The molecular weight excluding hydrogens is 378 g/mol. The van der Waals surface area contributed by atoms with Gasteiger partial charge in [0, 0.05) is 37.7 Å². The van der Waals surface area contributed by atoms with Gasteiger partial charge in [0.25, 0.3) is 0 Å². The first-order chi connectivity index (χ1) is 13.5. The SMILES string of the molecule is CNC1CC(C)NC(NC2CC3CCOC3C(C3=CCNC[C@@H](O)C3)C2Cl)N1. The van der Waals surface area contributed by atoms with Crippen LogP contribution in [0.5, 0.6) is 0 Å². The van der Waals surface area contributed by atoms with Gasteiger partial charge in [-0.2, -0.15) is 0 Å². The van der Waals surface area contributed by atoms with Crippen molar-refractivity contribution in [2.75, 3.05) is 26.7 Å². The van der Waals surface area contributed by atoms with Gasteiger partial charge in [-0.1, -0.05) is 11.6 Å². The first-order valence-electron chi connectivity index (χ1n) is 10.8. The van der Waals surface area contributed by atoms with Gasteiger partial charge in [-0.15, -0.1) is 11.6 Å². The Morgan fingerprint density at radius 3 is 2.96 bits per heavy atom. The van der Waals surface area contributed by atoms with Crippen molar-refractivity contribution in [3.05, 3.63) is 11.6 Å². The molecule has 28 heavy (non-hydrogen) atoms. The lowest BCUT2D eigenvalue weighted by molar-refractivity contribution is 0.0181. The van der Waals surface area contributed by atoms with E-state index in [-0.39, 0.29) is 42.0 Å². The highest BCUT2D eigenvalue weighted by atomic mass is 35.5. The highest BCUT2D eigenvalue weighted by molar-refractivity contribution is 6.21. The quantitative estimate of drug-likeness (QED) is 0.287. The molecule has 8 heteroatoms. The van der Waals surface area contributed by atoms with Crippen molar-refractivity contribution >= 4 is 11.6 Å². The maximum atomic E-state index is 10.3. The minimum absolute atomic E-state index is 0.0299. The first-order valence-corrected chi connectivity index (χ1v) is 11.3. The van der Waals surface area contributed by atoms with E-state index in [1.54, 1.807) is 0 Å². The number of hydrogen-bond acceptors (Lipinski definition) is 7. The van der Waals surface area contributed by atoms with Gasteiger partial charge in [-0.3, -0.25) is 16.0 Å². The summed E-state index contributed by atoms with van der Waals surface area (Å²) < 4.78 is 6.16. The van der Waals surface area contributed by atoms with Crippen molar-refractivity contribution in [2.45, 2.75) is 74.7 Å². The zero-order valence-corrected chi connectivity index (χ0v) is 17.7. The molecule has 7 nitrogen and oxygen atoms in total. The third-order valence-electron chi connectivity index (χ3n) is 6.83. The topological polar surface area (TPSA) is 89.6 Å². The Morgan fingerprint density at radius 2 is 2.14 bits per heavy atom. The molecule has 0 aromatic heterocycles. The number of alkyl halides is 1. The summed E-state index contributed by atoms with van der Waals surface area (Å²) in [7, 11) is 1.99. The summed E-state index contributed by atoms with van der Waals surface area (Å²) in [5.41, 5.74) is 1.26. The highest BCUT2D eigenvalue weighted by Gasteiger charge is 2.49. The van der Waals surface area contributed by atoms with E-state index in [4.69, 9.17) is 16.3 Å². The third kappa shape index (κ3) is 4.57.